The molecule has 2 aliphatic rings. The van der Waals surface area contributed by atoms with Crippen LogP contribution in [0.3, 0.4) is 0 Å². The predicted octanol–water partition coefficient (Wildman–Crippen LogP) is 4.12. The molecular weight excluding hydrogens is 302 g/mol. The average Bonchev–Trinajstić information content (AvgIpc) is 3.17. The van der Waals surface area contributed by atoms with Gasteiger partial charge < -0.3 is 9.72 Å². The minimum Gasteiger partial charge on any atom is -0.444 e. The Balaban J connectivity index is 1.70. The van der Waals surface area contributed by atoms with Crippen molar-refractivity contribution in [2.45, 2.75) is 51.2 Å². The first-order chi connectivity index (χ1) is 11.4. The minimum atomic E-state index is -0.473. The molecule has 1 saturated carbocycles. The van der Waals surface area contributed by atoms with E-state index in [9.17, 15) is 4.79 Å². The summed E-state index contributed by atoms with van der Waals surface area (Å²) < 4.78 is 5.65. The highest BCUT2D eigenvalue weighted by Gasteiger charge is 2.55. The van der Waals surface area contributed by atoms with Gasteiger partial charge in [-0.15, -0.1) is 0 Å². The van der Waals surface area contributed by atoms with Crippen molar-refractivity contribution in [2.75, 3.05) is 6.54 Å². The van der Waals surface area contributed by atoms with E-state index in [1.54, 1.807) is 6.20 Å². The molecule has 1 N–H and O–H groups in total. The Kier molecular flexibility index (Phi) is 3.24. The molecule has 24 heavy (non-hydrogen) atoms. The Morgan fingerprint density at radius 2 is 2.17 bits per heavy atom. The topological polar surface area (TPSA) is 58.2 Å². The zero-order valence-electron chi connectivity index (χ0n) is 14.4. The molecule has 1 spiro atoms. The highest BCUT2D eigenvalue weighted by Crippen LogP contribution is 2.54. The van der Waals surface area contributed by atoms with Gasteiger partial charge in [0, 0.05) is 29.9 Å². The van der Waals surface area contributed by atoms with E-state index >= 15 is 0 Å². The largest absolute Gasteiger partial charge is 0.444 e. The molecule has 1 amide bonds. The summed E-state index contributed by atoms with van der Waals surface area (Å²) in [4.78, 5) is 22.3. The first-order valence-corrected chi connectivity index (χ1v) is 8.54. The van der Waals surface area contributed by atoms with Gasteiger partial charge in [0.2, 0.25) is 0 Å². The van der Waals surface area contributed by atoms with Crippen LogP contribution in [0.5, 0.6) is 0 Å². The summed E-state index contributed by atoms with van der Waals surface area (Å²) in [5, 5.41) is 1.11. The monoisotopic (exact) mass is 325 g/mol. The van der Waals surface area contributed by atoms with Crippen molar-refractivity contribution in [2.24, 2.45) is 0 Å². The van der Waals surface area contributed by atoms with E-state index in [0.717, 1.165) is 42.4 Å². The summed E-state index contributed by atoms with van der Waals surface area (Å²) in [5.41, 5.74) is 2.60. The van der Waals surface area contributed by atoms with Crippen LogP contribution in [0.2, 0.25) is 0 Å². The molecule has 4 rings (SSSR count). The number of hydrogen-bond acceptors (Lipinski definition) is 3. The first-order valence-electron chi connectivity index (χ1n) is 8.54. The second-order valence-corrected chi connectivity index (χ2v) is 7.67. The first kappa shape index (κ1) is 15.2. The number of nitrogens with one attached hydrogen (secondary N) is 1. The van der Waals surface area contributed by atoms with Crippen LogP contribution in [0.4, 0.5) is 4.79 Å². The Bertz CT molecular complexity index is 824. The Hall–Kier alpha value is -2.30. The van der Waals surface area contributed by atoms with Crippen LogP contribution in [0.25, 0.3) is 16.6 Å². The molecule has 1 aliphatic carbocycles. The second-order valence-electron chi connectivity index (χ2n) is 7.67. The van der Waals surface area contributed by atoms with E-state index in [-0.39, 0.29) is 11.6 Å². The lowest BCUT2D eigenvalue weighted by Crippen LogP contribution is -2.47. The maximum atomic E-state index is 12.7. The number of amides is 1. The second kappa shape index (κ2) is 5.10. The fourth-order valence-corrected chi connectivity index (χ4v) is 3.67. The molecule has 0 bridgehead atoms. The van der Waals surface area contributed by atoms with Gasteiger partial charge in [-0.1, -0.05) is 6.08 Å². The quantitative estimate of drug-likeness (QED) is 0.858. The van der Waals surface area contributed by atoms with Gasteiger partial charge in [0.25, 0.3) is 0 Å². The molecule has 0 saturated heterocycles. The van der Waals surface area contributed by atoms with Crippen molar-refractivity contribution < 1.29 is 9.53 Å². The molecule has 0 aromatic carbocycles. The van der Waals surface area contributed by atoms with Gasteiger partial charge >= 0.3 is 6.09 Å². The third-order valence-corrected chi connectivity index (χ3v) is 4.80. The normalized spacial score (nSPS) is 19.5. The molecule has 2 aromatic rings. The summed E-state index contributed by atoms with van der Waals surface area (Å²) in [6.07, 6.45) is 8.71. The molecule has 1 fully saturated rings. The molecule has 5 heteroatoms. The fraction of sp³-hybridized carbons (Fsp3) is 0.474. The van der Waals surface area contributed by atoms with Crippen LogP contribution < -0.4 is 0 Å². The van der Waals surface area contributed by atoms with Crippen molar-refractivity contribution in [3.63, 3.8) is 0 Å². The van der Waals surface area contributed by atoms with Crippen LogP contribution >= 0.6 is 0 Å². The van der Waals surface area contributed by atoms with Gasteiger partial charge in [-0.2, -0.15) is 0 Å². The maximum absolute atomic E-state index is 12.7. The standard InChI is InChI=1S/C19H23N3O2/c1-18(2,3)24-17(23)22-11-5-7-15(19(22)8-9-19)14-12-21-16-13(14)6-4-10-20-16/h4,6-7,10,12H,5,8-9,11H2,1-3H3,(H,20,21). The number of carbonyl (C=O) groups excluding carboxylic acids is 1. The lowest BCUT2D eigenvalue weighted by molar-refractivity contribution is 0.0178. The van der Waals surface area contributed by atoms with Gasteiger partial charge in [-0.05, 0) is 57.7 Å². The Morgan fingerprint density at radius 3 is 2.88 bits per heavy atom. The Morgan fingerprint density at radius 1 is 1.38 bits per heavy atom. The van der Waals surface area contributed by atoms with Gasteiger partial charge in [0.1, 0.15) is 11.2 Å². The molecule has 0 atom stereocenters. The van der Waals surface area contributed by atoms with Gasteiger partial charge in [-0.3, -0.25) is 4.90 Å². The van der Waals surface area contributed by atoms with E-state index in [0.29, 0.717) is 0 Å². The van der Waals surface area contributed by atoms with E-state index in [1.165, 1.54) is 5.57 Å². The number of pyridine rings is 1. The number of fused-ring (bicyclic) bond motifs is 1. The summed E-state index contributed by atoms with van der Waals surface area (Å²) in [7, 11) is 0. The maximum Gasteiger partial charge on any atom is 0.411 e. The van der Waals surface area contributed by atoms with Crippen molar-refractivity contribution in [1.29, 1.82) is 0 Å². The number of hydrogen-bond donors (Lipinski definition) is 1. The molecule has 1 aliphatic heterocycles. The van der Waals surface area contributed by atoms with Crippen molar-refractivity contribution in [3.05, 3.63) is 36.2 Å². The van der Waals surface area contributed by atoms with E-state index in [4.69, 9.17) is 4.74 Å². The van der Waals surface area contributed by atoms with Gasteiger partial charge in [0.05, 0.1) is 5.54 Å². The van der Waals surface area contributed by atoms with Crippen LogP contribution in [0.15, 0.2) is 30.6 Å². The summed E-state index contributed by atoms with van der Waals surface area (Å²) >= 11 is 0. The molecule has 0 radical (unpaired) electrons. The van der Waals surface area contributed by atoms with Crippen molar-refractivity contribution >= 4 is 22.7 Å². The fourth-order valence-electron chi connectivity index (χ4n) is 3.67. The van der Waals surface area contributed by atoms with E-state index < -0.39 is 5.60 Å². The van der Waals surface area contributed by atoms with Gasteiger partial charge in [-0.25, -0.2) is 9.78 Å². The summed E-state index contributed by atoms with van der Waals surface area (Å²) in [6.45, 7) is 6.46. The molecule has 0 unspecified atom stereocenters. The van der Waals surface area contributed by atoms with Crippen molar-refractivity contribution in [1.82, 2.24) is 14.9 Å². The smallest absolute Gasteiger partial charge is 0.411 e. The van der Waals surface area contributed by atoms with E-state index in [1.807, 2.05) is 37.9 Å². The molecule has 3 heterocycles. The van der Waals surface area contributed by atoms with Crippen LogP contribution in [-0.2, 0) is 4.74 Å². The van der Waals surface area contributed by atoms with E-state index in [2.05, 4.69) is 22.1 Å². The number of rotatable bonds is 1. The number of H-pyrrole nitrogens is 1. The van der Waals surface area contributed by atoms with Gasteiger partial charge in [0.15, 0.2) is 0 Å². The van der Waals surface area contributed by atoms with Crippen LogP contribution in [0, 0.1) is 0 Å². The third-order valence-electron chi connectivity index (χ3n) is 4.80. The highest BCUT2D eigenvalue weighted by molar-refractivity contribution is 5.95. The van der Waals surface area contributed by atoms with Crippen molar-refractivity contribution in [3.8, 4) is 0 Å². The Labute approximate surface area is 141 Å². The van der Waals surface area contributed by atoms with Crippen LogP contribution in [-0.4, -0.2) is 38.6 Å². The molecule has 126 valence electrons. The molecular formula is C19H23N3O2. The predicted molar refractivity (Wildman–Crippen MR) is 93.6 cm³/mol. The number of aromatic nitrogens is 2. The lowest BCUT2D eigenvalue weighted by Gasteiger charge is -2.38. The lowest BCUT2D eigenvalue weighted by atomic mass is 9.91. The summed E-state index contributed by atoms with van der Waals surface area (Å²) in [6, 6.07) is 4.03. The van der Waals surface area contributed by atoms with Crippen LogP contribution in [0.1, 0.15) is 45.6 Å². The average molecular weight is 325 g/mol. The zero-order chi connectivity index (χ0) is 16.9. The minimum absolute atomic E-state index is 0.203. The highest BCUT2D eigenvalue weighted by atomic mass is 16.6. The number of carbonyl (C=O) groups is 1. The molecule has 2 aromatic heterocycles. The number of nitrogens with zero attached hydrogens (tertiary/aromatic N) is 2. The summed E-state index contributed by atoms with van der Waals surface area (Å²) in [5.74, 6) is 0. The third kappa shape index (κ3) is 2.39. The SMILES string of the molecule is CC(C)(C)OC(=O)N1CCC=C(c2c[nH]c3ncccc23)C12CC2. The zero-order valence-corrected chi connectivity index (χ0v) is 14.4. The number of aromatic amines is 1. The molecule has 5 nitrogen and oxygen atoms in total. The number of ether oxygens (including phenoxy) is 1.